The van der Waals surface area contributed by atoms with E-state index in [-0.39, 0.29) is 6.54 Å². The molecule has 1 aliphatic rings. The van der Waals surface area contributed by atoms with Crippen molar-refractivity contribution in [2.24, 2.45) is 4.99 Å². The Balaban J connectivity index is 1.78. The van der Waals surface area contributed by atoms with E-state index in [0.717, 1.165) is 35.2 Å². The van der Waals surface area contributed by atoms with E-state index >= 15 is 0 Å². The van der Waals surface area contributed by atoms with Gasteiger partial charge in [-0.1, -0.05) is 0 Å². The fourth-order valence-corrected chi connectivity index (χ4v) is 3.87. The second-order valence-corrected chi connectivity index (χ2v) is 7.38. The number of methoxy groups -OCH3 is 2. The number of alkyl halides is 3. The van der Waals surface area contributed by atoms with Crippen molar-refractivity contribution >= 4 is 17.3 Å². The molecule has 0 bridgehead atoms. The minimum Gasteiger partial charge on any atom is -0.493 e. The Kier molecular flexibility index (Phi) is 6.51. The van der Waals surface area contributed by atoms with Crippen LogP contribution in [-0.2, 0) is 25.7 Å². The Labute approximate surface area is 171 Å². The van der Waals surface area contributed by atoms with Gasteiger partial charge in [0.1, 0.15) is 5.01 Å². The molecule has 0 saturated carbocycles. The van der Waals surface area contributed by atoms with Crippen LogP contribution in [0.2, 0.25) is 0 Å². The van der Waals surface area contributed by atoms with E-state index in [2.05, 4.69) is 20.2 Å². The van der Waals surface area contributed by atoms with E-state index in [4.69, 9.17) is 9.47 Å². The number of fused-ring (bicyclic) bond motifs is 1. The first-order valence-corrected chi connectivity index (χ1v) is 10.0. The van der Waals surface area contributed by atoms with Crippen LogP contribution in [0.15, 0.2) is 22.5 Å². The van der Waals surface area contributed by atoms with Gasteiger partial charge in [0, 0.05) is 25.0 Å². The van der Waals surface area contributed by atoms with Crippen LogP contribution in [0.1, 0.15) is 28.8 Å². The SMILES string of the molecule is CCNC(=NCc1nc(C(F)(F)F)cs1)N1CCc2cc(OC)c(OC)cc2C1. The summed E-state index contributed by atoms with van der Waals surface area (Å²) in [5.41, 5.74) is 1.42. The standard InChI is InChI=1S/C19H23F3N4O2S/c1-4-23-18(24-9-17-25-16(11-29-17)19(20,21)22)26-6-5-12-7-14(27-2)15(28-3)8-13(12)10-26/h7-8,11H,4-6,9-10H2,1-3H3,(H,23,24). The highest BCUT2D eigenvalue weighted by atomic mass is 32.1. The zero-order valence-electron chi connectivity index (χ0n) is 16.5. The number of ether oxygens (including phenoxy) is 2. The molecule has 1 aliphatic heterocycles. The molecule has 1 aromatic carbocycles. The topological polar surface area (TPSA) is 59.0 Å². The Bertz CT molecular complexity index is 883. The summed E-state index contributed by atoms with van der Waals surface area (Å²) in [6, 6.07) is 3.95. The molecule has 0 radical (unpaired) electrons. The molecule has 6 nitrogen and oxygen atoms in total. The van der Waals surface area contributed by atoms with Crippen molar-refractivity contribution in [3.63, 3.8) is 0 Å². The van der Waals surface area contributed by atoms with Gasteiger partial charge in [-0.25, -0.2) is 9.98 Å². The third-order valence-electron chi connectivity index (χ3n) is 4.56. The Morgan fingerprint density at radius 1 is 1.24 bits per heavy atom. The largest absolute Gasteiger partial charge is 0.493 e. The Hall–Kier alpha value is -2.49. The summed E-state index contributed by atoms with van der Waals surface area (Å²) >= 11 is 0.966. The van der Waals surface area contributed by atoms with Gasteiger partial charge in [0.25, 0.3) is 0 Å². The van der Waals surface area contributed by atoms with E-state index in [0.29, 0.717) is 35.6 Å². The molecule has 10 heteroatoms. The summed E-state index contributed by atoms with van der Waals surface area (Å²) in [5.74, 6) is 2.01. The van der Waals surface area contributed by atoms with Crippen LogP contribution in [0.25, 0.3) is 0 Å². The number of aromatic nitrogens is 1. The molecule has 2 heterocycles. The lowest BCUT2D eigenvalue weighted by molar-refractivity contribution is -0.140. The van der Waals surface area contributed by atoms with Crippen molar-refractivity contribution in [1.29, 1.82) is 0 Å². The van der Waals surface area contributed by atoms with E-state index in [9.17, 15) is 13.2 Å². The van der Waals surface area contributed by atoms with E-state index in [1.807, 2.05) is 19.1 Å². The van der Waals surface area contributed by atoms with Gasteiger partial charge in [-0.3, -0.25) is 0 Å². The summed E-state index contributed by atoms with van der Waals surface area (Å²) in [4.78, 5) is 10.2. The first kappa shape index (κ1) is 21.2. The van der Waals surface area contributed by atoms with Crippen molar-refractivity contribution in [1.82, 2.24) is 15.2 Å². The number of benzene rings is 1. The molecule has 0 unspecified atom stereocenters. The van der Waals surface area contributed by atoms with Gasteiger partial charge in [-0.15, -0.1) is 11.3 Å². The maximum absolute atomic E-state index is 12.7. The Morgan fingerprint density at radius 3 is 2.52 bits per heavy atom. The molecule has 158 valence electrons. The molecule has 0 aliphatic carbocycles. The van der Waals surface area contributed by atoms with Gasteiger partial charge >= 0.3 is 6.18 Å². The van der Waals surface area contributed by atoms with E-state index in [1.54, 1.807) is 14.2 Å². The van der Waals surface area contributed by atoms with Gasteiger partial charge in [-0.2, -0.15) is 13.2 Å². The predicted octanol–water partition coefficient (Wildman–Crippen LogP) is 3.70. The molecule has 0 fully saturated rings. The highest BCUT2D eigenvalue weighted by molar-refractivity contribution is 7.09. The highest BCUT2D eigenvalue weighted by Gasteiger charge is 2.33. The number of hydrogen-bond acceptors (Lipinski definition) is 5. The fraction of sp³-hybridized carbons (Fsp3) is 0.474. The molecule has 29 heavy (non-hydrogen) atoms. The lowest BCUT2D eigenvalue weighted by Gasteiger charge is -2.32. The quantitative estimate of drug-likeness (QED) is 0.581. The van der Waals surface area contributed by atoms with Gasteiger partial charge in [0.15, 0.2) is 23.2 Å². The van der Waals surface area contributed by atoms with Gasteiger partial charge in [-0.05, 0) is 36.6 Å². The molecule has 1 aromatic heterocycles. The molecular formula is C19H23F3N4O2S. The maximum atomic E-state index is 12.7. The van der Waals surface area contributed by atoms with Crippen LogP contribution in [0.4, 0.5) is 13.2 Å². The van der Waals surface area contributed by atoms with E-state index in [1.165, 1.54) is 5.56 Å². The molecule has 1 N–H and O–H groups in total. The number of nitrogens with zero attached hydrogens (tertiary/aromatic N) is 3. The van der Waals surface area contributed by atoms with Crippen LogP contribution in [0.5, 0.6) is 11.5 Å². The average molecular weight is 428 g/mol. The van der Waals surface area contributed by atoms with Crippen molar-refractivity contribution < 1.29 is 22.6 Å². The van der Waals surface area contributed by atoms with Gasteiger partial charge in [0.05, 0.1) is 20.8 Å². The first-order valence-electron chi connectivity index (χ1n) is 9.14. The number of aliphatic imine (C=N–C) groups is 1. The van der Waals surface area contributed by atoms with Crippen LogP contribution in [0, 0.1) is 0 Å². The Morgan fingerprint density at radius 2 is 1.93 bits per heavy atom. The molecular weight excluding hydrogens is 405 g/mol. The third kappa shape index (κ3) is 4.92. The monoisotopic (exact) mass is 428 g/mol. The number of hydrogen-bond donors (Lipinski definition) is 1. The van der Waals surface area contributed by atoms with Crippen LogP contribution in [-0.4, -0.2) is 43.2 Å². The maximum Gasteiger partial charge on any atom is 0.434 e. The molecule has 3 rings (SSSR count). The minimum absolute atomic E-state index is 0.0956. The number of guanidine groups is 1. The summed E-state index contributed by atoms with van der Waals surface area (Å²) in [6.45, 7) is 4.05. The number of rotatable bonds is 5. The molecule has 2 aromatic rings. The van der Waals surface area contributed by atoms with Crippen LogP contribution < -0.4 is 14.8 Å². The first-order chi connectivity index (χ1) is 13.9. The van der Waals surface area contributed by atoms with Gasteiger partial charge < -0.3 is 19.7 Å². The zero-order valence-corrected chi connectivity index (χ0v) is 17.3. The summed E-state index contributed by atoms with van der Waals surface area (Å²) in [7, 11) is 3.21. The average Bonchev–Trinajstić information content (AvgIpc) is 3.19. The predicted molar refractivity (Wildman–Crippen MR) is 106 cm³/mol. The molecule has 0 spiro atoms. The minimum atomic E-state index is -4.43. The second-order valence-electron chi connectivity index (χ2n) is 6.44. The molecule has 0 amide bonds. The van der Waals surface area contributed by atoms with Crippen molar-refractivity contribution in [3.05, 3.63) is 39.3 Å². The van der Waals surface area contributed by atoms with Crippen molar-refractivity contribution in [2.45, 2.75) is 32.6 Å². The molecule has 0 saturated heterocycles. The summed E-state index contributed by atoms with van der Waals surface area (Å²) in [5, 5.41) is 4.57. The highest BCUT2D eigenvalue weighted by Crippen LogP contribution is 2.33. The fourth-order valence-electron chi connectivity index (χ4n) is 3.15. The number of thiazole rings is 1. The number of nitrogens with one attached hydrogen (secondary N) is 1. The number of halogens is 3. The van der Waals surface area contributed by atoms with Crippen LogP contribution in [0.3, 0.4) is 0 Å². The van der Waals surface area contributed by atoms with Crippen molar-refractivity contribution in [3.8, 4) is 11.5 Å². The smallest absolute Gasteiger partial charge is 0.434 e. The second kappa shape index (κ2) is 8.89. The van der Waals surface area contributed by atoms with Gasteiger partial charge in [0.2, 0.25) is 0 Å². The summed E-state index contributed by atoms with van der Waals surface area (Å²) in [6.07, 6.45) is -3.63. The van der Waals surface area contributed by atoms with E-state index < -0.39 is 11.9 Å². The van der Waals surface area contributed by atoms with Crippen LogP contribution >= 0.6 is 11.3 Å². The van der Waals surface area contributed by atoms with Crippen molar-refractivity contribution in [2.75, 3.05) is 27.3 Å². The lowest BCUT2D eigenvalue weighted by Crippen LogP contribution is -2.44. The summed E-state index contributed by atoms with van der Waals surface area (Å²) < 4.78 is 49.0. The zero-order chi connectivity index (χ0) is 21.0. The lowest BCUT2D eigenvalue weighted by atomic mass is 9.99. The molecule has 0 atom stereocenters. The normalized spacial score (nSPS) is 14.6. The third-order valence-corrected chi connectivity index (χ3v) is 5.39.